The highest BCUT2D eigenvalue weighted by Crippen LogP contribution is 2.25. The van der Waals surface area contributed by atoms with Gasteiger partial charge >= 0.3 is 0 Å². The summed E-state index contributed by atoms with van der Waals surface area (Å²) in [6.45, 7) is 2.00. The molecule has 0 unspecified atom stereocenters. The van der Waals surface area contributed by atoms with Gasteiger partial charge in [0.05, 0.1) is 0 Å². The van der Waals surface area contributed by atoms with Gasteiger partial charge in [0.1, 0.15) is 12.1 Å². The lowest BCUT2D eigenvalue weighted by molar-refractivity contribution is 0.112. The molecule has 2 nitrogen and oxygen atoms in total. The molecule has 0 amide bonds. The molecule has 0 atom stereocenters. The molecule has 0 N–H and O–H groups in total. The summed E-state index contributed by atoms with van der Waals surface area (Å²) in [6, 6.07) is 12.2. The highest BCUT2D eigenvalue weighted by atomic mass is 19.1. The third-order valence-corrected chi connectivity index (χ3v) is 2.82. The van der Waals surface area contributed by atoms with E-state index in [-0.39, 0.29) is 0 Å². The summed E-state index contributed by atoms with van der Waals surface area (Å²) >= 11 is 0. The van der Waals surface area contributed by atoms with E-state index in [1.807, 2.05) is 43.1 Å². The van der Waals surface area contributed by atoms with E-state index in [1.54, 1.807) is 6.07 Å². The zero-order valence-corrected chi connectivity index (χ0v) is 10.4. The van der Waals surface area contributed by atoms with Gasteiger partial charge in [0.2, 0.25) is 0 Å². The lowest BCUT2D eigenvalue weighted by atomic mass is 10.1. The number of nitrogens with zero attached hydrogens (tertiary/aromatic N) is 1. The highest BCUT2D eigenvalue weighted by Gasteiger charge is 2.07. The first-order valence-electron chi connectivity index (χ1n) is 5.66. The maximum absolute atomic E-state index is 13.4. The van der Waals surface area contributed by atoms with Crippen molar-refractivity contribution in [1.82, 2.24) is 0 Å². The van der Waals surface area contributed by atoms with Gasteiger partial charge in [-0.05, 0) is 42.8 Å². The van der Waals surface area contributed by atoms with Crippen molar-refractivity contribution in [2.24, 2.45) is 0 Å². The van der Waals surface area contributed by atoms with E-state index < -0.39 is 5.82 Å². The molecule has 2 aromatic carbocycles. The Labute approximate surface area is 106 Å². The minimum atomic E-state index is -0.408. The zero-order valence-electron chi connectivity index (χ0n) is 10.4. The fraction of sp³-hybridized carbons (Fsp3) is 0.133. The Morgan fingerprint density at radius 2 is 1.89 bits per heavy atom. The van der Waals surface area contributed by atoms with Crippen molar-refractivity contribution in [2.75, 3.05) is 11.9 Å². The van der Waals surface area contributed by atoms with Crippen molar-refractivity contribution in [1.29, 1.82) is 0 Å². The molecule has 3 heteroatoms. The Kier molecular flexibility index (Phi) is 3.42. The topological polar surface area (TPSA) is 20.3 Å². The van der Waals surface area contributed by atoms with Crippen molar-refractivity contribution in [2.45, 2.75) is 6.92 Å². The molecule has 0 aromatic heterocycles. The molecule has 18 heavy (non-hydrogen) atoms. The summed E-state index contributed by atoms with van der Waals surface area (Å²) in [5.74, 6) is -0.408. The van der Waals surface area contributed by atoms with Crippen LogP contribution >= 0.6 is 0 Å². The van der Waals surface area contributed by atoms with Crippen LogP contribution in [0.4, 0.5) is 15.8 Å². The molecule has 0 bridgehead atoms. The molecule has 0 spiro atoms. The van der Waals surface area contributed by atoms with Gasteiger partial charge in [-0.25, -0.2) is 4.39 Å². The van der Waals surface area contributed by atoms with Crippen molar-refractivity contribution >= 4 is 17.7 Å². The van der Waals surface area contributed by atoms with Crippen LogP contribution in [0, 0.1) is 12.7 Å². The van der Waals surface area contributed by atoms with E-state index in [2.05, 4.69) is 0 Å². The van der Waals surface area contributed by atoms with Crippen LogP contribution in [0.1, 0.15) is 15.9 Å². The van der Waals surface area contributed by atoms with Crippen molar-refractivity contribution < 1.29 is 9.18 Å². The molecule has 0 aliphatic rings. The number of hydrogen-bond donors (Lipinski definition) is 0. The van der Waals surface area contributed by atoms with Gasteiger partial charge in [0.25, 0.3) is 0 Å². The second-order valence-electron chi connectivity index (χ2n) is 4.26. The lowest BCUT2D eigenvalue weighted by Crippen LogP contribution is -2.10. The molecule has 0 saturated heterocycles. The molecular formula is C15H14FNO. The third kappa shape index (κ3) is 2.56. The van der Waals surface area contributed by atoms with Gasteiger partial charge in [-0.15, -0.1) is 0 Å². The molecule has 2 aromatic rings. The first-order chi connectivity index (χ1) is 8.60. The number of aryl methyl sites for hydroxylation is 1. The average molecular weight is 243 g/mol. The third-order valence-electron chi connectivity index (χ3n) is 2.82. The number of carbonyl (C=O) groups excluding carboxylic acids is 1. The molecule has 92 valence electrons. The minimum absolute atomic E-state index is 0.338. The number of carbonyl (C=O) groups is 1. The van der Waals surface area contributed by atoms with Gasteiger partial charge in [0, 0.05) is 24.0 Å². The van der Waals surface area contributed by atoms with Crippen molar-refractivity contribution in [3.8, 4) is 0 Å². The van der Waals surface area contributed by atoms with Crippen LogP contribution in [-0.4, -0.2) is 13.3 Å². The van der Waals surface area contributed by atoms with Crippen LogP contribution in [0.2, 0.25) is 0 Å². The molecule has 0 saturated carbocycles. The number of aldehydes is 1. The van der Waals surface area contributed by atoms with Gasteiger partial charge < -0.3 is 4.90 Å². The molecule has 0 fully saturated rings. The maximum Gasteiger partial charge on any atom is 0.150 e. The maximum atomic E-state index is 13.4. The standard InChI is InChI=1S/C15H14FNO/c1-11-4-3-5-14(6-11)17(2)15-8-12(10-18)7-13(16)9-15/h3-10H,1-2H3. The van der Waals surface area contributed by atoms with Crippen LogP contribution in [0.25, 0.3) is 0 Å². The van der Waals surface area contributed by atoms with E-state index in [1.165, 1.54) is 12.1 Å². The molecule has 0 aliphatic heterocycles. The van der Waals surface area contributed by atoms with Crippen LogP contribution in [0.15, 0.2) is 42.5 Å². The Balaban J connectivity index is 2.42. The Morgan fingerprint density at radius 1 is 1.11 bits per heavy atom. The predicted octanol–water partition coefficient (Wildman–Crippen LogP) is 3.71. The van der Waals surface area contributed by atoms with E-state index in [0.29, 0.717) is 17.5 Å². The molecule has 2 rings (SSSR count). The number of halogens is 1. The van der Waals surface area contributed by atoms with Gasteiger partial charge in [-0.3, -0.25) is 4.79 Å². The summed E-state index contributed by atoms with van der Waals surface area (Å²) in [7, 11) is 1.85. The van der Waals surface area contributed by atoms with E-state index in [0.717, 1.165) is 11.3 Å². The summed E-state index contributed by atoms with van der Waals surface area (Å²) in [6.07, 6.45) is 0.649. The lowest BCUT2D eigenvalue weighted by Gasteiger charge is -2.20. The summed E-state index contributed by atoms with van der Waals surface area (Å²) in [5.41, 5.74) is 3.08. The number of anilines is 2. The first kappa shape index (κ1) is 12.3. The second kappa shape index (κ2) is 5.00. The van der Waals surface area contributed by atoms with Crippen LogP contribution in [0.3, 0.4) is 0 Å². The van der Waals surface area contributed by atoms with E-state index in [9.17, 15) is 9.18 Å². The summed E-state index contributed by atoms with van der Waals surface area (Å²) in [4.78, 5) is 12.6. The van der Waals surface area contributed by atoms with Gasteiger partial charge in [-0.1, -0.05) is 12.1 Å². The minimum Gasteiger partial charge on any atom is -0.345 e. The smallest absolute Gasteiger partial charge is 0.150 e. The Bertz CT molecular complexity index is 580. The second-order valence-corrected chi connectivity index (χ2v) is 4.26. The Morgan fingerprint density at radius 3 is 2.56 bits per heavy atom. The van der Waals surface area contributed by atoms with E-state index in [4.69, 9.17) is 0 Å². The summed E-state index contributed by atoms with van der Waals surface area (Å²) in [5, 5.41) is 0. The number of hydrogen-bond acceptors (Lipinski definition) is 2. The van der Waals surface area contributed by atoms with E-state index >= 15 is 0 Å². The van der Waals surface area contributed by atoms with Crippen molar-refractivity contribution in [3.05, 3.63) is 59.4 Å². The highest BCUT2D eigenvalue weighted by molar-refractivity contribution is 5.78. The summed E-state index contributed by atoms with van der Waals surface area (Å²) < 4.78 is 13.4. The van der Waals surface area contributed by atoms with Crippen LogP contribution in [0.5, 0.6) is 0 Å². The number of benzene rings is 2. The molecular weight excluding hydrogens is 229 g/mol. The van der Waals surface area contributed by atoms with Gasteiger partial charge in [0.15, 0.2) is 0 Å². The van der Waals surface area contributed by atoms with Crippen LogP contribution < -0.4 is 4.90 Å². The molecule has 0 aliphatic carbocycles. The van der Waals surface area contributed by atoms with Gasteiger partial charge in [-0.2, -0.15) is 0 Å². The largest absolute Gasteiger partial charge is 0.345 e. The van der Waals surface area contributed by atoms with Crippen molar-refractivity contribution in [3.63, 3.8) is 0 Å². The predicted molar refractivity (Wildman–Crippen MR) is 71.0 cm³/mol. The molecule has 0 radical (unpaired) electrons. The first-order valence-corrected chi connectivity index (χ1v) is 5.66. The fourth-order valence-electron chi connectivity index (χ4n) is 1.84. The SMILES string of the molecule is Cc1cccc(N(C)c2cc(F)cc(C=O)c2)c1. The monoisotopic (exact) mass is 243 g/mol. The normalized spacial score (nSPS) is 10.2. The van der Waals surface area contributed by atoms with Crippen LogP contribution in [-0.2, 0) is 0 Å². The number of rotatable bonds is 3. The quantitative estimate of drug-likeness (QED) is 0.766. The zero-order chi connectivity index (χ0) is 13.1. The Hall–Kier alpha value is -2.16. The average Bonchev–Trinajstić information content (AvgIpc) is 2.37. The molecule has 0 heterocycles. The fourth-order valence-corrected chi connectivity index (χ4v) is 1.84.